The number of benzene rings is 1. The first-order valence-electron chi connectivity index (χ1n) is 10.3. The number of carbonyl (C=O) groups excluding carboxylic acids is 2. The average molecular weight is 415 g/mol. The van der Waals surface area contributed by atoms with E-state index >= 15 is 0 Å². The zero-order chi connectivity index (χ0) is 20.6. The number of rotatable bonds is 7. The first-order valence-corrected chi connectivity index (χ1v) is 11.1. The molecule has 2 heterocycles. The first-order chi connectivity index (χ1) is 14.1. The fraction of sp³-hybridized carbons (Fsp3) is 0.455. The summed E-state index contributed by atoms with van der Waals surface area (Å²) in [5.74, 6) is 0.00997. The van der Waals surface area contributed by atoms with E-state index in [1.165, 1.54) is 0 Å². The quantitative estimate of drug-likeness (QED) is 0.758. The summed E-state index contributed by atoms with van der Waals surface area (Å²) < 4.78 is 0. The van der Waals surface area contributed by atoms with Gasteiger partial charge in [-0.1, -0.05) is 36.4 Å². The minimum Gasteiger partial charge on any atom is -0.343 e. The van der Waals surface area contributed by atoms with Crippen molar-refractivity contribution >= 4 is 23.3 Å². The summed E-state index contributed by atoms with van der Waals surface area (Å²) in [4.78, 5) is 32.2. The van der Waals surface area contributed by atoms with Gasteiger partial charge in [0.15, 0.2) is 0 Å². The standard InChI is InChI=1S/C22H30N4O2S/c1-3-25(4-2)22(28)26-14-12-24(13-15-26)17-20(27)23-21(19-11-8-16-29-19)18-9-6-5-7-10-18/h5-11,16,21H,3-4,12-15,17H2,1-2H3,(H,23,27). The number of nitrogens with one attached hydrogen (secondary N) is 1. The van der Waals surface area contributed by atoms with Gasteiger partial charge in [0.25, 0.3) is 0 Å². The molecule has 7 heteroatoms. The summed E-state index contributed by atoms with van der Waals surface area (Å²) in [6.07, 6.45) is 0. The van der Waals surface area contributed by atoms with E-state index < -0.39 is 0 Å². The maximum Gasteiger partial charge on any atom is 0.320 e. The number of carbonyl (C=O) groups is 2. The molecule has 1 aromatic heterocycles. The lowest BCUT2D eigenvalue weighted by Gasteiger charge is -2.37. The summed E-state index contributed by atoms with van der Waals surface area (Å²) in [5, 5.41) is 5.23. The van der Waals surface area contributed by atoms with Crippen molar-refractivity contribution < 1.29 is 9.59 Å². The molecule has 1 atom stereocenters. The van der Waals surface area contributed by atoms with Crippen LogP contribution in [0.25, 0.3) is 0 Å². The molecule has 3 amide bonds. The number of hydrogen-bond acceptors (Lipinski definition) is 4. The zero-order valence-electron chi connectivity index (χ0n) is 17.2. The Kier molecular flexibility index (Phi) is 7.66. The Balaban J connectivity index is 1.55. The fourth-order valence-corrected chi connectivity index (χ4v) is 4.42. The van der Waals surface area contributed by atoms with Gasteiger partial charge in [-0.25, -0.2) is 4.79 Å². The minimum atomic E-state index is -0.130. The smallest absolute Gasteiger partial charge is 0.320 e. The molecule has 1 unspecified atom stereocenters. The molecule has 0 saturated carbocycles. The van der Waals surface area contributed by atoms with Crippen LogP contribution in [0.1, 0.15) is 30.3 Å². The molecule has 29 heavy (non-hydrogen) atoms. The lowest BCUT2D eigenvalue weighted by molar-refractivity contribution is -0.123. The van der Waals surface area contributed by atoms with E-state index in [1.54, 1.807) is 11.3 Å². The van der Waals surface area contributed by atoms with Crippen LogP contribution in [-0.2, 0) is 4.79 Å². The zero-order valence-corrected chi connectivity index (χ0v) is 18.0. The van der Waals surface area contributed by atoms with Crippen LogP contribution in [0.5, 0.6) is 0 Å². The van der Waals surface area contributed by atoms with E-state index in [9.17, 15) is 9.59 Å². The van der Waals surface area contributed by atoms with Crippen molar-refractivity contribution in [2.24, 2.45) is 0 Å². The summed E-state index contributed by atoms with van der Waals surface area (Å²) in [6.45, 7) is 8.55. The van der Waals surface area contributed by atoms with Crippen LogP contribution in [0.3, 0.4) is 0 Å². The minimum absolute atomic E-state index is 0.00997. The lowest BCUT2D eigenvalue weighted by Crippen LogP contribution is -2.54. The molecule has 0 radical (unpaired) electrons. The van der Waals surface area contributed by atoms with E-state index in [-0.39, 0.29) is 18.0 Å². The highest BCUT2D eigenvalue weighted by molar-refractivity contribution is 7.10. The van der Waals surface area contributed by atoms with Crippen LogP contribution in [0.2, 0.25) is 0 Å². The molecule has 1 fully saturated rings. The van der Waals surface area contributed by atoms with Gasteiger partial charge in [0, 0.05) is 44.1 Å². The molecule has 2 aromatic rings. The van der Waals surface area contributed by atoms with Crippen molar-refractivity contribution in [3.63, 3.8) is 0 Å². The summed E-state index contributed by atoms with van der Waals surface area (Å²) >= 11 is 1.65. The predicted molar refractivity (Wildman–Crippen MR) is 117 cm³/mol. The third-order valence-corrected chi connectivity index (χ3v) is 6.25. The van der Waals surface area contributed by atoms with Crippen LogP contribution in [-0.4, -0.2) is 72.5 Å². The second kappa shape index (κ2) is 10.4. The molecule has 156 valence electrons. The van der Waals surface area contributed by atoms with Gasteiger partial charge in [-0.2, -0.15) is 0 Å². The molecule has 1 aliphatic heterocycles. The van der Waals surface area contributed by atoms with Gasteiger partial charge in [0.2, 0.25) is 5.91 Å². The molecular weight excluding hydrogens is 384 g/mol. The van der Waals surface area contributed by atoms with Crippen LogP contribution < -0.4 is 5.32 Å². The number of piperazine rings is 1. The SMILES string of the molecule is CCN(CC)C(=O)N1CCN(CC(=O)NC(c2ccccc2)c2cccs2)CC1. The Hall–Kier alpha value is -2.38. The van der Waals surface area contributed by atoms with Crippen LogP contribution in [0.4, 0.5) is 4.79 Å². The number of thiophene rings is 1. The number of amides is 3. The maximum atomic E-state index is 12.8. The Morgan fingerprint density at radius 2 is 1.72 bits per heavy atom. The van der Waals surface area contributed by atoms with Crippen molar-refractivity contribution in [3.05, 3.63) is 58.3 Å². The molecule has 1 saturated heterocycles. The van der Waals surface area contributed by atoms with Crippen molar-refractivity contribution in [3.8, 4) is 0 Å². The van der Waals surface area contributed by atoms with Crippen LogP contribution in [0.15, 0.2) is 47.8 Å². The molecule has 1 aliphatic rings. The van der Waals surface area contributed by atoms with Gasteiger partial charge in [-0.05, 0) is 30.9 Å². The molecule has 3 rings (SSSR count). The molecule has 6 nitrogen and oxygen atoms in total. The van der Waals surface area contributed by atoms with E-state index in [1.807, 2.05) is 65.4 Å². The fourth-order valence-electron chi connectivity index (χ4n) is 3.62. The predicted octanol–water partition coefficient (Wildman–Crippen LogP) is 3.03. The molecule has 0 bridgehead atoms. The van der Waals surface area contributed by atoms with Gasteiger partial charge in [-0.3, -0.25) is 9.69 Å². The number of hydrogen-bond donors (Lipinski definition) is 1. The third kappa shape index (κ3) is 5.58. The van der Waals surface area contributed by atoms with Gasteiger partial charge >= 0.3 is 6.03 Å². The van der Waals surface area contributed by atoms with Crippen LogP contribution in [0, 0.1) is 0 Å². The molecule has 0 spiro atoms. The molecule has 1 aromatic carbocycles. The topological polar surface area (TPSA) is 55.9 Å². The highest BCUT2D eigenvalue weighted by atomic mass is 32.1. The first kappa shape index (κ1) is 21.3. The van der Waals surface area contributed by atoms with Gasteiger partial charge < -0.3 is 15.1 Å². The summed E-state index contributed by atoms with van der Waals surface area (Å²) in [5.41, 5.74) is 1.08. The van der Waals surface area contributed by atoms with Gasteiger partial charge in [-0.15, -0.1) is 11.3 Å². The van der Waals surface area contributed by atoms with Crippen molar-refractivity contribution in [1.82, 2.24) is 20.0 Å². The Morgan fingerprint density at radius 3 is 2.31 bits per heavy atom. The van der Waals surface area contributed by atoms with Crippen molar-refractivity contribution in [2.75, 3.05) is 45.8 Å². The van der Waals surface area contributed by atoms with E-state index in [0.717, 1.165) is 36.6 Å². The van der Waals surface area contributed by atoms with Crippen LogP contribution >= 0.6 is 11.3 Å². The summed E-state index contributed by atoms with van der Waals surface area (Å²) in [7, 11) is 0. The van der Waals surface area contributed by atoms with Crippen molar-refractivity contribution in [1.29, 1.82) is 0 Å². The van der Waals surface area contributed by atoms with E-state index in [4.69, 9.17) is 0 Å². The maximum absolute atomic E-state index is 12.8. The van der Waals surface area contributed by atoms with E-state index in [2.05, 4.69) is 16.3 Å². The Morgan fingerprint density at radius 1 is 1.03 bits per heavy atom. The highest BCUT2D eigenvalue weighted by Gasteiger charge is 2.26. The Bertz CT molecular complexity index is 769. The highest BCUT2D eigenvalue weighted by Crippen LogP contribution is 2.25. The van der Waals surface area contributed by atoms with Gasteiger partial charge in [0.05, 0.1) is 12.6 Å². The lowest BCUT2D eigenvalue weighted by atomic mass is 10.1. The second-order valence-electron chi connectivity index (χ2n) is 7.14. The Labute approximate surface area is 177 Å². The second-order valence-corrected chi connectivity index (χ2v) is 8.12. The third-order valence-electron chi connectivity index (χ3n) is 5.31. The average Bonchev–Trinajstić information content (AvgIpc) is 3.28. The summed E-state index contributed by atoms with van der Waals surface area (Å²) in [6, 6.07) is 14.1. The number of urea groups is 1. The molecular formula is C22H30N4O2S. The normalized spacial score (nSPS) is 15.7. The largest absolute Gasteiger partial charge is 0.343 e. The van der Waals surface area contributed by atoms with Gasteiger partial charge in [0.1, 0.15) is 0 Å². The number of nitrogens with zero attached hydrogens (tertiary/aromatic N) is 3. The van der Waals surface area contributed by atoms with E-state index in [0.29, 0.717) is 19.6 Å². The molecule has 0 aliphatic carbocycles. The van der Waals surface area contributed by atoms with Crippen molar-refractivity contribution in [2.45, 2.75) is 19.9 Å². The molecule has 1 N–H and O–H groups in total. The monoisotopic (exact) mass is 414 g/mol.